The van der Waals surface area contributed by atoms with Crippen molar-refractivity contribution in [3.05, 3.63) is 101 Å². The molecule has 0 atom stereocenters. The molecule has 1 amide bonds. The quantitative estimate of drug-likeness (QED) is 0.446. The molecule has 2 heterocycles. The molecular formula is C25H25N3O3. The van der Waals surface area contributed by atoms with Crippen molar-refractivity contribution < 1.29 is 13.9 Å². The van der Waals surface area contributed by atoms with Gasteiger partial charge in [0, 0.05) is 24.6 Å². The number of hydrogen-bond donors (Lipinski definition) is 1. The van der Waals surface area contributed by atoms with Gasteiger partial charge in [-0.3, -0.25) is 4.79 Å². The minimum atomic E-state index is -0.295. The van der Waals surface area contributed by atoms with Crippen LogP contribution in [0.2, 0.25) is 0 Å². The summed E-state index contributed by atoms with van der Waals surface area (Å²) >= 11 is 0. The molecule has 0 spiro atoms. The molecule has 0 aliphatic carbocycles. The van der Waals surface area contributed by atoms with Gasteiger partial charge in [-0.1, -0.05) is 29.8 Å². The first-order valence-electron chi connectivity index (χ1n) is 10.1. The maximum Gasteiger partial charge on any atom is 0.291 e. The van der Waals surface area contributed by atoms with Crippen LogP contribution in [0, 0.1) is 20.8 Å². The Hall–Kier alpha value is -3.80. The first-order chi connectivity index (χ1) is 15.0. The molecular weight excluding hydrogens is 390 g/mol. The van der Waals surface area contributed by atoms with Crippen molar-refractivity contribution in [1.29, 1.82) is 0 Å². The largest absolute Gasteiger partial charge is 0.485 e. The van der Waals surface area contributed by atoms with E-state index in [1.165, 1.54) is 5.56 Å². The van der Waals surface area contributed by atoms with E-state index >= 15 is 0 Å². The number of imidazole rings is 1. The van der Waals surface area contributed by atoms with E-state index in [1.807, 2.05) is 63.4 Å². The molecule has 2 aromatic heterocycles. The second kappa shape index (κ2) is 8.92. The van der Waals surface area contributed by atoms with Crippen molar-refractivity contribution in [1.82, 2.24) is 9.55 Å². The van der Waals surface area contributed by atoms with Crippen LogP contribution in [0.3, 0.4) is 0 Å². The highest BCUT2D eigenvalue weighted by atomic mass is 16.5. The monoisotopic (exact) mass is 415 g/mol. The molecule has 0 fully saturated rings. The molecule has 0 aliphatic rings. The number of nitrogens with one attached hydrogen (secondary N) is 1. The van der Waals surface area contributed by atoms with Gasteiger partial charge in [-0.15, -0.1) is 0 Å². The lowest BCUT2D eigenvalue weighted by Crippen LogP contribution is -2.11. The summed E-state index contributed by atoms with van der Waals surface area (Å²) in [5.41, 5.74) is 4.09. The van der Waals surface area contributed by atoms with Gasteiger partial charge >= 0.3 is 0 Å². The Balaban J connectivity index is 1.33. The Morgan fingerprint density at radius 1 is 1.06 bits per heavy atom. The first kappa shape index (κ1) is 20.5. The lowest BCUT2D eigenvalue weighted by molar-refractivity contribution is 0.0992. The van der Waals surface area contributed by atoms with Gasteiger partial charge in [0.1, 0.15) is 23.9 Å². The van der Waals surface area contributed by atoms with Crippen LogP contribution in [0.25, 0.3) is 0 Å². The Kier molecular flexibility index (Phi) is 5.89. The number of hydrogen-bond acceptors (Lipinski definition) is 4. The average Bonchev–Trinajstić information content (AvgIpc) is 3.38. The Morgan fingerprint density at radius 3 is 2.58 bits per heavy atom. The summed E-state index contributed by atoms with van der Waals surface area (Å²) in [4.78, 5) is 16.8. The van der Waals surface area contributed by atoms with Crippen LogP contribution in [0.5, 0.6) is 5.75 Å². The molecule has 2 aromatic carbocycles. The van der Waals surface area contributed by atoms with Crippen LogP contribution < -0.4 is 10.1 Å². The van der Waals surface area contributed by atoms with Gasteiger partial charge in [0.2, 0.25) is 0 Å². The van der Waals surface area contributed by atoms with Crippen LogP contribution in [-0.2, 0) is 13.2 Å². The summed E-state index contributed by atoms with van der Waals surface area (Å²) < 4.78 is 13.6. The summed E-state index contributed by atoms with van der Waals surface area (Å²) in [5.74, 6) is 2.32. The number of carbonyl (C=O) groups is 1. The van der Waals surface area contributed by atoms with Crippen LogP contribution in [-0.4, -0.2) is 15.5 Å². The molecule has 0 saturated heterocycles. The smallest absolute Gasteiger partial charge is 0.291 e. The van der Waals surface area contributed by atoms with Crippen molar-refractivity contribution in [2.75, 3.05) is 5.32 Å². The van der Waals surface area contributed by atoms with Crippen LogP contribution in [0.15, 0.2) is 71.4 Å². The maximum absolute atomic E-state index is 12.5. The van der Waals surface area contributed by atoms with E-state index in [9.17, 15) is 4.79 Å². The zero-order valence-electron chi connectivity index (χ0n) is 17.9. The molecule has 1 N–H and O–H groups in total. The minimum Gasteiger partial charge on any atom is -0.485 e. The average molecular weight is 415 g/mol. The standard InChI is InChI=1S/C25H25N3O3/c1-17-4-10-23(18(2)14-17)30-16-22-9-11-24(31-22)25(29)27-21-7-5-20(6-8-21)15-28-13-12-26-19(28)3/h4-14H,15-16H2,1-3H3,(H,27,29). The second-order valence-electron chi connectivity index (χ2n) is 7.58. The van der Waals surface area contributed by atoms with Crippen molar-refractivity contribution in [3.8, 4) is 5.75 Å². The van der Waals surface area contributed by atoms with Gasteiger partial charge in [-0.25, -0.2) is 4.98 Å². The summed E-state index contributed by atoms with van der Waals surface area (Å²) in [5, 5.41) is 2.87. The fraction of sp³-hybridized carbons (Fsp3) is 0.200. The molecule has 6 nitrogen and oxygen atoms in total. The third-order valence-electron chi connectivity index (χ3n) is 5.07. The highest BCUT2D eigenvalue weighted by Gasteiger charge is 2.12. The lowest BCUT2D eigenvalue weighted by Gasteiger charge is -2.08. The fourth-order valence-electron chi connectivity index (χ4n) is 3.34. The second-order valence-corrected chi connectivity index (χ2v) is 7.58. The van der Waals surface area contributed by atoms with E-state index in [0.29, 0.717) is 11.4 Å². The fourth-order valence-corrected chi connectivity index (χ4v) is 3.34. The zero-order valence-corrected chi connectivity index (χ0v) is 17.9. The normalized spacial score (nSPS) is 10.8. The van der Waals surface area contributed by atoms with Gasteiger partial charge < -0.3 is 19.0 Å². The predicted molar refractivity (Wildman–Crippen MR) is 119 cm³/mol. The number of furan rings is 1. The number of aromatic nitrogens is 2. The Morgan fingerprint density at radius 2 is 1.87 bits per heavy atom. The molecule has 0 aliphatic heterocycles. The zero-order chi connectivity index (χ0) is 21.8. The highest BCUT2D eigenvalue weighted by molar-refractivity contribution is 6.02. The van der Waals surface area contributed by atoms with Crippen molar-refractivity contribution in [3.63, 3.8) is 0 Å². The molecule has 0 saturated carbocycles. The number of carbonyl (C=O) groups excluding carboxylic acids is 1. The molecule has 0 radical (unpaired) electrons. The number of benzene rings is 2. The van der Waals surface area contributed by atoms with E-state index in [4.69, 9.17) is 9.15 Å². The number of ether oxygens (including phenoxy) is 1. The van der Waals surface area contributed by atoms with E-state index in [1.54, 1.807) is 18.3 Å². The third kappa shape index (κ3) is 5.04. The SMILES string of the molecule is Cc1ccc(OCc2ccc(C(=O)Nc3ccc(Cn4ccnc4C)cc3)o2)c(C)c1. The summed E-state index contributed by atoms with van der Waals surface area (Å²) in [7, 11) is 0. The molecule has 4 rings (SSSR count). The molecule has 0 unspecified atom stereocenters. The first-order valence-corrected chi connectivity index (χ1v) is 10.1. The molecule has 158 valence electrons. The summed E-state index contributed by atoms with van der Waals surface area (Å²) in [6.07, 6.45) is 3.73. The number of anilines is 1. The molecule has 0 bridgehead atoms. The molecule has 6 heteroatoms. The number of rotatable bonds is 7. The number of amides is 1. The summed E-state index contributed by atoms with van der Waals surface area (Å²) in [6, 6.07) is 17.2. The van der Waals surface area contributed by atoms with Crippen LogP contribution in [0.1, 0.15) is 38.8 Å². The molecule has 4 aromatic rings. The van der Waals surface area contributed by atoms with E-state index in [0.717, 1.165) is 29.2 Å². The van der Waals surface area contributed by atoms with Gasteiger partial charge in [0.25, 0.3) is 5.91 Å². The predicted octanol–water partition coefficient (Wildman–Crippen LogP) is 5.28. The molecule has 31 heavy (non-hydrogen) atoms. The van der Waals surface area contributed by atoms with E-state index < -0.39 is 0 Å². The number of nitrogens with zero attached hydrogens (tertiary/aromatic N) is 2. The van der Waals surface area contributed by atoms with Gasteiger partial charge in [0.15, 0.2) is 5.76 Å². The van der Waals surface area contributed by atoms with Gasteiger partial charge in [0.05, 0.1) is 0 Å². The van der Waals surface area contributed by atoms with Crippen molar-refractivity contribution in [2.24, 2.45) is 0 Å². The maximum atomic E-state index is 12.5. The van der Waals surface area contributed by atoms with E-state index in [-0.39, 0.29) is 18.3 Å². The number of aryl methyl sites for hydroxylation is 3. The lowest BCUT2D eigenvalue weighted by atomic mass is 10.1. The van der Waals surface area contributed by atoms with Crippen LogP contribution >= 0.6 is 0 Å². The summed E-state index contributed by atoms with van der Waals surface area (Å²) in [6.45, 7) is 7.02. The van der Waals surface area contributed by atoms with Crippen molar-refractivity contribution >= 4 is 11.6 Å². The third-order valence-corrected chi connectivity index (χ3v) is 5.07. The minimum absolute atomic E-state index is 0.248. The van der Waals surface area contributed by atoms with E-state index in [2.05, 4.69) is 20.9 Å². The van der Waals surface area contributed by atoms with Crippen molar-refractivity contribution in [2.45, 2.75) is 33.9 Å². The Bertz CT molecular complexity index is 1190. The van der Waals surface area contributed by atoms with Crippen LogP contribution in [0.4, 0.5) is 5.69 Å². The Labute approximate surface area is 181 Å². The topological polar surface area (TPSA) is 69.3 Å². The highest BCUT2D eigenvalue weighted by Crippen LogP contribution is 2.21. The van der Waals surface area contributed by atoms with Gasteiger partial charge in [-0.05, 0) is 62.2 Å². The van der Waals surface area contributed by atoms with Gasteiger partial charge in [-0.2, -0.15) is 0 Å².